The van der Waals surface area contributed by atoms with Crippen LogP contribution in [0.2, 0.25) is 0 Å². The van der Waals surface area contributed by atoms with Crippen LogP contribution in [0.3, 0.4) is 0 Å². The van der Waals surface area contributed by atoms with Crippen molar-refractivity contribution in [2.24, 2.45) is 0 Å². The Balaban J connectivity index is 1.77. The Kier molecular flexibility index (Phi) is 5.71. The second-order valence-electron chi connectivity index (χ2n) is 5.31. The molecule has 3 heteroatoms. The third-order valence-corrected chi connectivity index (χ3v) is 4.28. The molecular weight excluding hydrogens is 258 g/mol. The van der Waals surface area contributed by atoms with Gasteiger partial charge in [-0.1, -0.05) is 49.6 Å². The molecule has 1 saturated carbocycles. The summed E-state index contributed by atoms with van der Waals surface area (Å²) in [7, 11) is 0. The lowest BCUT2D eigenvalue weighted by Gasteiger charge is -2.21. The topological polar surface area (TPSA) is 29.1 Å². The summed E-state index contributed by atoms with van der Waals surface area (Å²) in [6.45, 7) is 0. The van der Waals surface area contributed by atoms with Gasteiger partial charge in [-0.15, -0.1) is 11.6 Å². The predicted molar refractivity (Wildman–Crippen MR) is 79.4 cm³/mol. The van der Waals surface area contributed by atoms with E-state index in [4.69, 9.17) is 11.6 Å². The first-order valence-electron chi connectivity index (χ1n) is 7.23. The highest BCUT2D eigenvalue weighted by molar-refractivity contribution is 6.21. The van der Waals surface area contributed by atoms with E-state index in [1.165, 1.54) is 24.8 Å². The van der Waals surface area contributed by atoms with Gasteiger partial charge in [0.25, 0.3) is 0 Å². The van der Waals surface area contributed by atoms with E-state index in [1.807, 2.05) is 18.2 Å². The summed E-state index contributed by atoms with van der Waals surface area (Å²) in [4.78, 5) is 12.0. The molecule has 1 fully saturated rings. The summed E-state index contributed by atoms with van der Waals surface area (Å²) in [6, 6.07) is 10.3. The van der Waals surface area contributed by atoms with Crippen molar-refractivity contribution in [1.29, 1.82) is 0 Å². The van der Waals surface area contributed by atoms with E-state index >= 15 is 0 Å². The number of hydrogen-bond acceptors (Lipinski definition) is 1. The third kappa shape index (κ3) is 4.87. The van der Waals surface area contributed by atoms with Gasteiger partial charge >= 0.3 is 0 Å². The van der Waals surface area contributed by atoms with E-state index in [2.05, 4.69) is 17.4 Å². The maximum absolute atomic E-state index is 12.0. The fourth-order valence-electron chi connectivity index (χ4n) is 2.61. The minimum atomic E-state index is 0.100. The van der Waals surface area contributed by atoms with Crippen LogP contribution >= 0.6 is 11.6 Å². The summed E-state index contributed by atoms with van der Waals surface area (Å²) in [6.07, 6.45) is 6.98. The molecule has 0 bridgehead atoms. The fraction of sp³-hybridized carbons (Fsp3) is 0.562. The molecule has 2 nitrogen and oxygen atoms in total. The SMILES string of the molecule is O=C(CCc1ccccc1)NC1CCCCCC1Cl. The van der Waals surface area contributed by atoms with Gasteiger partial charge in [-0.05, 0) is 24.8 Å². The number of alkyl halides is 1. The Morgan fingerprint density at radius 2 is 1.89 bits per heavy atom. The van der Waals surface area contributed by atoms with E-state index < -0.39 is 0 Å². The molecule has 1 aromatic carbocycles. The molecule has 1 aromatic rings. The molecular formula is C16H22ClNO. The van der Waals surface area contributed by atoms with E-state index in [0.29, 0.717) is 6.42 Å². The van der Waals surface area contributed by atoms with Gasteiger partial charge in [-0.3, -0.25) is 4.79 Å². The van der Waals surface area contributed by atoms with E-state index in [1.54, 1.807) is 0 Å². The van der Waals surface area contributed by atoms with Crippen LogP contribution < -0.4 is 5.32 Å². The number of carbonyl (C=O) groups is 1. The van der Waals surface area contributed by atoms with Gasteiger partial charge in [-0.2, -0.15) is 0 Å². The van der Waals surface area contributed by atoms with Crippen molar-refractivity contribution in [3.05, 3.63) is 35.9 Å². The van der Waals surface area contributed by atoms with Crippen molar-refractivity contribution in [3.63, 3.8) is 0 Å². The standard InChI is InChI=1S/C16H22ClNO/c17-14-9-5-2-6-10-15(14)18-16(19)12-11-13-7-3-1-4-8-13/h1,3-4,7-8,14-15H,2,5-6,9-12H2,(H,18,19). The van der Waals surface area contributed by atoms with E-state index in [0.717, 1.165) is 19.3 Å². The van der Waals surface area contributed by atoms with Crippen molar-refractivity contribution >= 4 is 17.5 Å². The summed E-state index contributed by atoms with van der Waals surface area (Å²) in [5, 5.41) is 3.21. The summed E-state index contributed by atoms with van der Waals surface area (Å²) in [5.41, 5.74) is 1.21. The lowest BCUT2D eigenvalue weighted by molar-refractivity contribution is -0.121. The second-order valence-corrected chi connectivity index (χ2v) is 5.87. The number of rotatable bonds is 4. The normalized spacial score (nSPS) is 23.6. The highest BCUT2D eigenvalue weighted by Crippen LogP contribution is 2.22. The lowest BCUT2D eigenvalue weighted by atomic mass is 10.1. The number of benzene rings is 1. The van der Waals surface area contributed by atoms with Crippen LogP contribution in [-0.4, -0.2) is 17.3 Å². The van der Waals surface area contributed by atoms with Crippen LogP contribution in [0.15, 0.2) is 30.3 Å². The van der Waals surface area contributed by atoms with Gasteiger partial charge in [0.1, 0.15) is 0 Å². The molecule has 0 aromatic heterocycles. The van der Waals surface area contributed by atoms with E-state index in [-0.39, 0.29) is 17.3 Å². The molecule has 0 saturated heterocycles. The Hall–Kier alpha value is -1.02. The molecule has 0 heterocycles. The fourth-order valence-corrected chi connectivity index (χ4v) is 2.95. The highest BCUT2D eigenvalue weighted by Gasteiger charge is 2.22. The highest BCUT2D eigenvalue weighted by atomic mass is 35.5. The van der Waals surface area contributed by atoms with Crippen LogP contribution in [0.25, 0.3) is 0 Å². The molecule has 0 radical (unpaired) electrons. The lowest BCUT2D eigenvalue weighted by Crippen LogP contribution is -2.40. The smallest absolute Gasteiger partial charge is 0.220 e. The first-order chi connectivity index (χ1) is 9.25. The Bertz CT molecular complexity index is 393. The zero-order chi connectivity index (χ0) is 13.5. The van der Waals surface area contributed by atoms with Crippen molar-refractivity contribution in [2.45, 2.75) is 56.4 Å². The zero-order valence-corrected chi connectivity index (χ0v) is 12.0. The molecule has 19 heavy (non-hydrogen) atoms. The van der Waals surface area contributed by atoms with Gasteiger partial charge in [-0.25, -0.2) is 0 Å². The van der Waals surface area contributed by atoms with Crippen molar-refractivity contribution in [3.8, 4) is 0 Å². The minimum absolute atomic E-state index is 0.100. The molecule has 0 spiro atoms. The van der Waals surface area contributed by atoms with Crippen LogP contribution in [0, 0.1) is 0 Å². The number of nitrogens with one attached hydrogen (secondary N) is 1. The average Bonchev–Trinajstić information content (AvgIpc) is 2.63. The van der Waals surface area contributed by atoms with Gasteiger partial charge in [0, 0.05) is 12.5 Å². The van der Waals surface area contributed by atoms with Crippen LogP contribution in [0.1, 0.15) is 44.1 Å². The van der Waals surface area contributed by atoms with Gasteiger partial charge in [0.05, 0.1) is 5.38 Å². The monoisotopic (exact) mass is 279 g/mol. The number of hydrogen-bond donors (Lipinski definition) is 1. The summed E-state index contributed by atoms with van der Waals surface area (Å²) in [5.74, 6) is 0.126. The molecule has 1 aliphatic carbocycles. The molecule has 1 aliphatic rings. The minimum Gasteiger partial charge on any atom is -0.352 e. The van der Waals surface area contributed by atoms with Crippen LogP contribution in [-0.2, 0) is 11.2 Å². The zero-order valence-electron chi connectivity index (χ0n) is 11.3. The maximum Gasteiger partial charge on any atom is 0.220 e. The molecule has 2 unspecified atom stereocenters. The van der Waals surface area contributed by atoms with E-state index in [9.17, 15) is 4.79 Å². The van der Waals surface area contributed by atoms with Crippen molar-refractivity contribution < 1.29 is 4.79 Å². The number of aryl methyl sites for hydroxylation is 1. The van der Waals surface area contributed by atoms with Gasteiger partial charge in [0.15, 0.2) is 0 Å². The van der Waals surface area contributed by atoms with Crippen LogP contribution in [0.4, 0.5) is 0 Å². The number of amides is 1. The first kappa shape index (κ1) is 14.4. The second kappa shape index (κ2) is 7.54. The number of halogens is 1. The first-order valence-corrected chi connectivity index (χ1v) is 7.67. The molecule has 2 atom stereocenters. The average molecular weight is 280 g/mol. The van der Waals surface area contributed by atoms with Crippen molar-refractivity contribution in [2.75, 3.05) is 0 Å². The third-order valence-electron chi connectivity index (χ3n) is 3.76. The van der Waals surface area contributed by atoms with Crippen LogP contribution in [0.5, 0.6) is 0 Å². The molecule has 2 rings (SSSR count). The Labute approximate surface area is 120 Å². The summed E-state index contributed by atoms with van der Waals surface area (Å²) >= 11 is 6.33. The molecule has 104 valence electrons. The Morgan fingerprint density at radius 3 is 2.68 bits per heavy atom. The molecule has 1 N–H and O–H groups in total. The Morgan fingerprint density at radius 1 is 1.16 bits per heavy atom. The largest absolute Gasteiger partial charge is 0.352 e. The summed E-state index contributed by atoms with van der Waals surface area (Å²) < 4.78 is 0. The quantitative estimate of drug-likeness (QED) is 0.661. The van der Waals surface area contributed by atoms with Crippen molar-refractivity contribution in [1.82, 2.24) is 5.32 Å². The number of carbonyl (C=O) groups excluding carboxylic acids is 1. The van der Waals surface area contributed by atoms with Gasteiger partial charge in [0.2, 0.25) is 5.91 Å². The molecule has 0 aliphatic heterocycles. The maximum atomic E-state index is 12.0. The predicted octanol–water partition coefficient (Wildman–Crippen LogP) is 3.68. The molecule has 1 amide bonds. The van der Waals surface area contributed by atoms with Gasteiger partial charge < -0.3 is 5.32 Å².